The maximum atomic E-state index is 10.0. The zero-order valence-electron chi connectivity index (χ0n) is 25.7. The van der Waals surface area contributed by atoms with Crippen molar-refractivity contribution in [1.82, 2.24) is 29.8 Å². The van der Waals surface area contributed by atoms with E-state index in [-0.39, 0.29) is 5.92 Å². The summed E-state index contributed by atoms with van der Waals surface area (Å²) >= 11 is 1.44. The van der Waals surface area contributed by atoms with Gasteiger partial charge in [0, 0.05) is 30.1 Å². The van der Waals surface area contributed by atoms with Crippen LogP contribution in [0.4, 0.5) is 10.8 Å². The van der Waals surface area contributed by atoms with Crippen molar-refractivity contribution in [3.63, 3.8) is 0 Å². The van der Waals surface area contributed by atoms with Crippen LogP contribution in [0, 0.1) is 28.6 Å². The van der Waals surface area contributed by atoms with Gasteiger partial charge in [0.05, 0.1) is 41.2 Å². The summed E-state index contributed by atoms with van der Waals surface area (Å²) in [6.45, 7) is 8.45. The third kappa shape index (κ3) is 5.95. The molecule has 0 aromatic carbocycles. The summed E-state index contributed by atoms with van der Waals surface area (Å²) in [6.07, 6.45) is 8.39. The third-order valence-electron chi connectivity index (χ3n) is 8.27. The number of aryl methyl sites for hydroxylation is 1. The van der Waals surface area contributed by atoms with Crippen LogP contribution in [-0.4, -0.2) is 63.0 Å². The second-order valence-corrected chi connectivity index (χ2v) is 12.7. The molecule has 1 fully saturated rings. The number of likely N-dealkylation sites (tertiary alicyclic amines) is 1. The summed E-state index contributed by atoms with van der Waals surface area (Å²) in [7, 11) is 4.10. The molecule has 11 nitrogen and oxygen atoms in total. The van der Waals surface area contributed by atoms with Gasteiger partial charge < -0.3 is 20.1 Å². The lowest BCUT2D eigenvalue weighted by Gasteiger charge is -2.21. The van der Waals surface area contributed by atoms with Crippen LogP contribution < -0.4 is 10.6 Å². The Morgan fingerprint density at radius 3 is 2.72 bits per heavy atom. The standard InChI is InChI=1S/C31H40N10OS/c1-6-8-12-21-26(38-42-27(21)25-22(15-33)28(34)43-24(25)10-7-2)29-36-30(40(5)17-19(3)14-32)23-16-35-41(31(23)37-29)18-20-11-9-13-39(20)4/h16,19-20H,6-13,17-18,34H2,1-5H3. The van der Waals surface area contributed by atoms with Gasteiger partial charge in [0.1, 0.15) is 16.9 Å². The van der Waals surface area contributed by atoms with E-state index in [1.807, 2.05) is 29.7 Å². The van der Waals surface area contributed by atoms with Gasteiger partial charge in [-0.05, 0) is 52.6 Å². The fourth-order valence-corrected chi connectivity index (χ4v) is 7.06. The van der Waals surface area contributed by atoms with Crippen molar-refractivity contribution in [3.8, 4) is 35.0 Å². The highest BCUT2D eigenvalue weighted by molar-refractivity contribution is 7.16. The van der Waals surface area contributed by atoms with Crippen molar-refractivity contribution in [2.24, 2.45) is 5.92 Å². The summed E-state index contributed by atoms with van der Waals surface area (Å²) in [5.41, 5.74) is 9.66. The van der Waals surface area contributed by atoms with E-state index >= 15 is 0 Å². The quantitative estimate of drug-likeness (QED) is 0.216. The molecule has 1 aliphatic heterocycles. The first kappa shape index (κ1) is 30.5. The number of nitrogens with zero attached hydrogens (tertiary/aromatic N) is 9. The molecular weight excluding hydrogens is 560 g/mol. The summed E-state index contributed by atoms with van der Waals surface area (Å²) in [5, 5.41) is 30.2. The lowest BCUT2D eigenvalue weighted by molar-refractivity contribution is 0.276. The number of anilines is 2. The summed E-state index contributed by atoms with van der Waals surface area (Å²) in [5.74, 6) is 1.53. The average Bonchev–Trinajstić information content (AvgIpc) is 3.77. The Hall–Kier alpha value is -4.00. The first-order chi connectivity index (χ1) is 20.8. The van der Waals surface area contributed by atoms with E-state index in [4.69, 9.17) is 25.3 Å². The maximum absolute atomic E-state index is 10.0. The van der Waals surface area contributed by atoms with E-state index in [9.17, 15) is 10.5 Å². The van der Waals surface area contributed by atoms with Crippen LogP contribution in [0.1, 0.15) is 68.9 Å². The Bertz CT molecular complexity index is 1670. The maximum Gasteiger partial charge on any atom is 0.186 e. The van der Waals surface area contributed by atoms with Crippen molar-refractivity contribution >= 4 is 33.2 Å². The first-order valence-electron chi connectivity index (χ1n) is 15.2. The van der Waals surface area contributed by atoms with Crippen molar-refractivity contribution in [2.75, 3.05) is 37.8 Å². The zero-order valence-corrected chi connectivity index (χ0v) is 26.5. The molecule has 226 valence electrons. The SMILES string of the molecule is CCCCc1c(-c2nc(N(C)CC(C)C#N)c3cnn(CC4CCCN4C)c3n2)noc1-c1c(CCC)sc(N)c1C#N. The normalized spacial score (nSPS) is 16.0. The first-order valence-corrected chi connectivity index (χ1v) is 16.0. The monoisotopic (exact) mass is 600 g/mol. The second kappa shape index (κ2) is 13.1. The number of nitrogen functional groups attached to an aromatic ring is 1. The predicted molar refractivity (Wildman–Crippen MR) is 170 cm³/mol. The molecular formula is C31H40N10OS. The molecule has 2 atom stereocenters. The Morgan fingerprint density at radius 1 is 1.23 bits per heavy atom. The van der Waals surface area contributed by atoms with Crippen molar-refractivity contribution in [1.29, 1.82) is 10.5 Å². The second-order valence-electron chi connectivity index (χ2n) is 11.6. The Kier molecular flexibility index (Phi) is 9.28. The van der Waals surface area contributed by atoms with Crippen LogP contribution in [-0.2, 0) is 19.4 Å². The molecule has 0 spiro atoms. The van der Waals surface area contributed by atoms with Gasteiger partial charge in [-0.3, -0.25) is 0 Å². The van der Waals surface area contributed by atoms with Gasteiger partial charge in [0.25, 0.3) is 0 Å². The molecule has 4 aromatic heterocycles. The average molecular weight is 601 g/mol. The molecule has 4 aromatic rings. The molecule has 1 aliphatic rings. The predicted octanol–water partition coefficient (Wildman–Crippen LogP) is 5.65. The van der Waals surface area contributed by atoms with Crippen LogP contribution in [0.5, 0.6) is 0 Å². The summed E-state index contributed by atoms with van der Waals surface area (Å²) < 4.78 is 8.06. The number of likely N-dealkylation sites (N-methyl/N-ethyl adjacent to an activating group) is 1. The number of nitriles is 2. The van der Waals surface area contributed by atoms with Crippen LogP contribution in [0.25, 0.3) is 33.9 Å². The van der Waals surface area contributed by atoms with Gasteiger partial charge in [-0.2, -0.15) is 15.6 Å². The number of unbranched alkanes of at least 4 members (excludes halogenated alkanes) is 1. The third-order valence-corrected chi connectivity index (χ3v) is 9.34. The van der Waals surface area contributed by atoms with Crippen LogP contribution in [0.2, 0.25) is 0 Å². The van der Waals surface area contributed by atoms with Gasteiger partial charge in [0.15, 0.2) is 22.9 Å². The van der Waals surface area contributed by atoms with E-state index in [1.54, 1.807) is 0 Å². The minimum absolute atomic E-state index is 0.190. The van der Waals surface area contributed by atoms with E-state index in [2.05, 4.69) is 43.1 Å². The highest BCUT2D eigenvalue weighted by Crippen LogP contribution is 2.43. The van der Waals surface area contributed by atoms with Gasteiger partial charge >= 0.3 is 0 Å². The van der Waals surface area contributed by atoms with Crippen LogP contribution >= 0.6 is 11.3 Å². The summed E-state index contributed by atoms with van der Waals surface area (Å²) in [6, 6.07) is 5.01. The number of hydrogen-bond acceptors (Lipinski definition) is 11. The van der Waals surface area contributed by atoms with Crippen molar-refractivity contribution < 1.29 is 4.52 Å². The molecule has 5 heterocycles. The molecule has 1 saturated heterocycles. The number of fused-ring (bicyclic) bond motifs is 1. The number of rotatable bonds is 12. The molecule has 0 aliphatic carbocycles. The minimum atomic E-state index is -0.190. The van der Waals surface area contributed by atoms with E-state index in [0.717, 1.165) is 72.2 Å². The molecule has 0 saturated carbocycles. The van der Waals surface area contributed by atoms with Crippen molar-refractivity contribution in [2.45, 2.75) is 78.3 Å². The minimum Gasteiger partial charge on any atom is -0.389 e. The number of aromatic nitrogens is 5. The molecule has 0 amide bonds. The molecule has 5 rings (SSSR count). The highest BCUT2D eigenvalue weighted by atomic mass is 32.1. The number of thiophene rings is 1. The molecule has 0 radical (unpaired) electrons. The largest absolute Gasteiger partial charge is 0.389 e. The lowest BCUT2D eigenvalue weighted by Crippen LogP contribution is -2.29. The smallest absolute Gasteiger partial charge is 0.186 e. The van der Waals surface area contributed by atoms with E-state index in [1.165, 1.54) is 17.8 Å². The highest BCUT2D eigenvalue weighted by Gasteiger charge is 2.29. The molecule has 0 bridgehead atoms. The molecule has 12 heteroatoms. The fraction of sp³-hybridized carbons (Fsp3) is 0.548. The Morgan fingerprint density at radius 2 is 2.05 bits per heavy atom. The van der Waals surface area contributed by atoms with Gasteiger partial charge in [-0.25, -0.2) is 14.6 Å². The fourth-order valence-electron chi connectivity index (χ4n) is 5.94. The Balaban J connectivity index is 1.70. The van der Waals surface area contributed by atoms with Crippen LogP contribution in [0.15, 0.2) is 10.7 Å². The molecule has 2 N–H and O–H groups in total. The number of nitrogens with two attached hydrogens (primary N) is 1. The van der Waals surface area contributed by atoms with Gasteiger partial charge in [-0.15, -0.1) is 11.3 Å². The number of hydrogen-bond donors (Lipinski definition) is 1. The van der Waals surface area contributed by atoms with Crippen LogP contribution in [0.3, 0.4) is 0 Å². The summed E-state index contributed by atoms with van der Waals surface area (Å²) in [4.78, 5) is 15.5. The topological polar surface area (TPSA) is 150 Å². The lowest BCUT2D eigenvalue weighted by atomic mass is 9.98. The van der Waals surface area contributed by atoms with E-state index < -0.39 is 0 Å². The van der Waals surface area contributed by atoms with E-state index in [0.29, 0.717) is 52.7 Å². The van der Waals surface area contributed by atoms with Gasteiger partial charge in [0.2, 0.25) is 0 Å². The Labute approximate surface area is 256 Å². The van der Waals surface area contributed by atoms with Crippen molar-refractivity contribution in [3.05, 3.63) is 22.2 Å². The zero-order chi connectivity index (χ0) is 30.7. The molecule has 43 heavy (non-hydrogen) atoms. The molecule has 2 unspecified atom stereocenters. The van der Waals surface area contributed by atoms with Gasteiger partial charge in [-0.1, -0.05) is 31.8 Å².